The Balaban J connectivity index is 1.50. The first-order valence-corrected chi connectivity index (χ1v) is 8.04. The predicted octanol–water partition coefficient (Wildman–Crippen LogP) is 1.84. The highest BCUT2D eigenvalue weighted by Gasteiger charge is 2.23. The Bertz CT molecular complexity index is 483. The van der Waals surface area contributed by atoms with Gasteiger partial charge in [-0.05, 0) is 50.4 Å². The molecule has 1 aromatic rings. The molecule has 114 valence electrons. The van der Waals surface area contributed by atoms with Crippen molar-refractivity contribution in [2.24, 2.45) is 5.92 Å². The first-order chi connectivity index (χ1) is 10.3. The second-order valence-corrected chi connectivity index (χ2v) is 5.99. The van der Waals surface area contributed by atoms with Gasteiger partial charge in [0.25, 0.3) is 0 Å². The molecule has 0 radical (unpaired) electrons. The minimum Gasteiger partial charge on any atom is -0.493 e. The summed E-state index contributed by atoms with van der Waals surface area (Å²) < 4.78 is 5.73. The Morgan fingerprint density at radius 1 is 1.29 bits per heavy atom. The molecule has 4 nitrogen and oxygen atoms in total. The van der Waals surface area contributed by atoms with E-state index >= 15 is 0 Å². The highest BCUT2D eigenvalue weighted by Crippen LogP contribution is 2.26. The fraction of sp³-hybridized carbons (Fsp3) is 0.588. The van der Waals surface area contributed by atoms with E-state index in [-0.39, 0.29) is 11.8 Å². The van der Waals surface area contributed by atoms with Crippen molar-refractivity contribution in [2.75, 3.05) is 32.8 Å². The van der Waals surface area contributed by atoms with Crippen molar-refractivity contribution in [1.29, 1.82) is 0 Å². The zero-order valence-corrected chi connectivity index (χ0v) is 12.5. The molecule has 2 aliphatic rings. The molecule has 0 bridgehead atoms. The van der Waals surface area contributed by atoms with Crippen LogP contribution < -0.4 is 10.1 Å². The molecule has 0 aromatic heterocycles. The molecule has 21 heavy (non-hydrogen) atoms. The van der Waals surface area contributed by atoms with Crippen molar-refractivity contribution in [3.63, 3.8) is 0 Å². The fourth-order valence-corrected chi connectivity index (χ4v) is 3.20. The summed E-state index contributed by atoms with van der Waals surface area (Å²) >= 11 is 0. The number of ether oxygens (including phenoxy) is 1. The van der Waals surface area contributed by atoms with Gasteiger partial charge in [0, 0.05) is 19.0 Å². The second-order valence-electron chi connectivity index (χ2n) is 5.99. The number of fused-ring (bicyclic) bond motifs is 1. The van der Waals surface area contributed by atoms with Crippen molar-refractivity contribution in [3.05, 3.63) is 29.8 Å². The molecule has 2 heterocycles. The van der Waals surface area contributed by atoms with Crippen molar-refractivity contribution in [2.45, 2.75) is 25.7 Å². The molecule has 1 atom stereocenters. The molecule has 3 rings (SSSR count). The summed E-state index contributed by atoms with van der Waals surface area (Å²) in [6.07, 6.45) is 4.17. The number of carbonyl (C=O) groups excluding carboxylic acids is 1. The number of nitrogens with zero attached hydrogens (tertiary/aromatic N) is 1. The minimum atomic E-state index is 0.0345. The van der Waals surface area contributed by atoms with Crippen molar-refractivity contribution in [1.82, 2.24) is 10.2 Å². The van der Waals surface area contributed by atoms with Crippen molar-refractivity contribution < 1.29 is 9.53 Å². The van der Waals surface area contributed by atoms with Crippen LogP contribution in [-0.4, -0.2) is 43.6 Å². The van der Waals surface area contributed by atoms with Gasteiger partial charge in [-0.15, -0.1) is 0 Å². The molecule has 1 amide bonds. The third-order valence-corrected chi connectivity index (χ3v) is 4.46. The van der Waals surface area contributed by atoms with Gasteiger partial charge in [-0.1, -0.05) is 18.2 Å². The lowest BCUT2D eigenvalue weighted by Gasteiger charge is -2.17. The van der Waals surface area contributed by atoms with Crippen LogP contribution in [0, 0.1) is 5.92 Å². The van der Waals surface area contributed by atoms with E-state index < -0.39 is 0 Å². The maximum absolute atomic E-state index is 12.3. The van der Waals surface area contributed by atoms with Gasteiger partial charge in [0.15, 0.2) is 0 Å². The lowest BCUT2D eigenvalue weighted by Crippen LogP contribution is -2.37. The zero-order valence-electron chi connectivity index (χ0n) is 12.5. The van der Waals surface area contributed by atoms with Crippen molar-refractivity contribution >= 4 is 5.91 Å². The molecule has 0 unspecified atom stereocenters. The second kappa shape index (κ2) is 6.94. The molecule has 1 saturated heterocycles. The molecule has 4 heteroatoms. The standard InChI is InChI=1S/C17H24N2O2/c20-17(18-8-11-19-9-3-4-10-19)15-7-12-21-16-6-2-1-5-14(16)13-15/h1-2,5-6,15H,3-4,7-13H2,(H,18,20)/t15-/m1/s1. The number of carbonyl (C=O) groups is 1. The van der Waals surface area contributed by atoms with Gasteiger partial charge in [-0.25, -0.2) is 0 Å². The van der Waals surface area contributed by atoms with Crippen LogP contribution in [0.2, 0.25) is 0 Å². The Morgan fingerprint density at radius 3 is 2.95 bits per heavy atom. The van der Waals surface area contributed by atoms with Gasteiger partial charge < -0.3 is 15.0 Å². The number of nitrogens with one attached hydrogen (secondary N) is 1. The maximum atomic E-state index is 12.3. The average molecular weight is 288 g/mol. The molecular weight excluding hydrogens is 264 g/mol. The largest absolute Gasteiger partial charge is 0.493 e. The first-order valence-electron chi connectivity index (χ1n) is 8.04. The summed E-state index contributed by atoms with van der Waals surface area (Å²) in [6, 6.07) is 8.04. The van der Waals surface area contributed by atoms with Crippen LogP contribution in [-0.2, 0) is 11.2 Å². The summed E-state index contributed by atoms with van der Waals surface area (Å²) in [5.41, 5.74) is 1.15. The van der Waals surface area contributed by atoms with Gasteiger partial charge in [0.05, 0.1) is 6.61 Å². The average Bonchev–Trinajstić information content (AvgIpc) is 2.91. The van der Waals surface area contributed by atoms with Crippen LogP contribution in [0.1, 0.15) is 24.8 Å². The smallest absolute Gasteiger partial charge is 0.223 e. The summed E-state index contributed by atoms with van der Waals surface area (Å²) in [5.74, 6) is 1.14. The van der Waals surface area contributed by atoms with Crippen LogP contribution in [0.15, 0.2) is 24.3 Å². The Hall–Kier alpha value is -1.55. The molecule has 1 fully saturated rings. The highest BCUT2D eigenvalue weighted by atomic mass is 16.5. The minimum absolute atomic E-state index is 0.0345. The number of benzene rings is 1. The van der Waals surface area contributed by atoms with Crippen LogP contribution >= 0.6 is 0 Å². The van der Waals surface area contributed by atoms with E-state index in [0.29, 0.717) is 6.61 Å². The lowest BCUT2D eigenvalue weighted by molar-refractivity contribution is -0.125. The monoisotopic (exact) mass is 288 g/mol. The van der Waals surface area contributed by atoms with Gasteiger partial charge in [-0.2, -0.15) is 0 Å². The van der Waals surface area contributed by atoms with Gasteiger partial charge in [0.2, 0.25) is 5.91 Å². The number of likely N-dealkylation sites (tertiary alicyclic amines) is 1. The van der Waals surface area contributed by atoms with E-state index in [2.05, 4.69) is 16.3 Å². The van der Waals surface area contributed by atoms with Crippen LogP contribution in [0.4, 0.5) is 0 Å². The Kier molecular flexibility index (Phi) is 4.76. The van der Waals surface area contributed by atoms with E-state index in [1.54, 1.807) is 0 Å². The number of hydrogen-bond acceptors (Lipinski definition) is 3. The normalized spacial score (nSPS) is 22.2. The first kappa shape index (κ1) is 14.4. The van der Waals surface area contributed by atoms with E-state index in [1.807, 2.05) is 18.2 Å². The molecule has 0 aliphatic carbocycles. The molecule has 2 aliphatic heterocycles. The Morgan fingerprint density at radius 2 is 2.10 bits per heavy atom. The highest BCUT2D eigenvalue weighted by molar-refractivity contribution is 5.79. The van der Waals surface area contributed by atoms with Crippen molar-refractivity contribution in [3.8, 4) is 5.75 Å². The lowest BCUT2D eigenvalue weighted by atomic mass is 9.96. The quantitative estimate of drug-likeness (QED) is 0.919. The summed E-state index contributed by atoms with van der Waals surface area (Å²) in [7, 11) is 0. The number of hydrogen-bond donors (Lipinski definition) is 1. The van der Waals surface area contributed by atoms with Gasteiger partial charge >= 0.3 is 0 Å². The summed E-state index contributed by atoms with van der Waals surface area (Å²) in [4.78, 5) is 14.8. The summed E-state index contributed by atoms with van der Waals surface area (Å²) in [6.45, 7) is 4.73. The Labute approximate surface area is 126 Å². The number of amides is 1. The van der Waals surface area contributed by atoms with Crippen LogP contribution in [0.25, 0.3) is 0 Å². The predicted molar refractivity (Wildman–Crippen MR) is 82.4 cm³/mol. The van der Waals surface area contributed by atoms with Gasteiger partial charge in [-0.3, -0.25) is 4.79 Å². The third kappa shape index (κ3) is 3.76. The molecule has 0 spiro atoms. The maximum Gasteiger partial charge on any atom is 0.223 e. The SMILES string of the molecule is O=C(NCCN1CCCC1)[C@@H]1CCOc2ccccc2C1. The van der Waals surface area contributed by atoms with E-state index in [1.165, 1.54) is 25.9 Å². The van der Waals surface area contributed by atoms with E-state index in [0.717, 1.165) is 37.2 Å². The summed E-state index contributed by atoms with van der Waals surface area (Å²) in [5, 5.41) is 3.10. The van der Waals surface area contributed by atoms with Crippen LogP contribution in [0.3, 0.4) is 0 Å². The van der Waals surface area contributed by atoms with E-state index in [9.17, 15) is 4.79 Å². The van der Waals surface area contributed by atoms with E-state index in [4.69, 9.17) is 4.74 Å². The zero-order chi connectivity index (χ0) is 14.5. The van der Waals surface area contributed by atoms with Crippen LogP contribution in [0.5, 0.6) is 5.75 Å². The molecule has 1 aromatic carbocycles. The number of rotatable bonds is 4. The molecule has 1 N–H and O–H groups in total. The molecule has 0 saturated carbocycles. The topological polar surface area (TPSA) is 41.6 Å². The molecular formula is C17H24N2O2. The fourth-order valence-electron chi connectivity index (χ4n) is 3.20. The third-order valence-electron chi connectivity index (χ3n) is 4.46. The number of para-hydroxylation sites is 1. The van der Waals surface area contributed by atoms with Gasteiger partial charge in [0.1, 0.15) is 5.75 Å².